The van der Waals surface area contributed by atoms with Crippen LogP contribution in [0.15, 0.2) is 35.1 Å². The van der Waals surface area contributed by atoms with Crippen molar-refractivity contribution in [1.29, 1.82) is 5.26 Å². The van der Waals surface area contributed by atoms with E-state index in [1.165, 1.54) is 0 Å². The lowest BCUT2D eigenvalue weighted by molar-refractivity contribution is -0.139. The first-order valence-electron chi connectivity index (χ1n) is 9.08. The molecule has 1 aromatic heterocycles. The number of aromatic nitrogens is 1. The smallest absolute Gasteiger partial charge is 0.266 e. The molecule has 3 rings (SSSR count). The van der Waals surface area contributed by atoms with Gasteiger partial charge in [0.1, 0.15) is 17.7 Å². The summed E-state index contributed by atoms with van der Waals surface area (Å²) in [7, 11) is 0. The van der Waals surface area contributed by atoms with Gasteiger partial charge >= 0.3 is 0 Å². The maximum atomic E-state index is 12.7. The van der Waals surface area contributed by atoms with Crippen LogP contribution >= 0.6 is 0 Å². The van der Waals surface area contributed by atoms with Gasteiger partial charge in [-0.25, -0.2) is 0 Å². The summed E-state index contributed by atoms with van der Waals surface area (Å²) in [5, 5.41) is 9.17. The number of carbonyl (C=O) groups is 1. The maximum Gasteiger partial charge on any atom is 0.266 e. The number of amides is 1. The lowest BCUT2D eigenvalue weighted by atomic mass is 9.98. The summed E-state index contributed by atoms with van der Waals surface area (Å²) < 4.78 is 5.82. The molecule has 0 bridgehead atoms. The second-order valence-corrected chi connectivity index (χ2v) is 6.78. The minimum Gasteiger partial charge on any atom is -0.370 e. The Labute approximate surface area is 158 Å². The highest BCUT2D eigenvalue weighted by Crippen LogP contribution is 2.23. The zero-order valence-electron chi connectivity index (χ0n) is 15.6. The van der Waals surface area contributed by atoms with E-state index in [4.69, 9.17) is 4.74 Å². The Morgan fingerprint density at radius 3 is 2.78 bits per heavy atom. The molecule has 2 aromatic rings. The molecule has 0 saturated carbocycles. The van der Waals surface area contributed by atoms with E-state index in [2.05, 4.69) is 4.98 Å². The number of aromatic amines is 1. The lowest BCUT2D eigenvalue weighted by Crippen LogP contribution is -2.42. The molecule has 1 fully saturated rings. The van der Waals surface area contributed by atoms with Gasteiger partial charge in [0.15, 0.2) is 0 Å². The fourth-order valence-corrected chi connectivity index (χ4v) is 3.56. The number of hydrogen-bond acceptors (Lipinski definition) is 4. The molecule has 1 aromatic carbocycles. The van der Waals surface area contributed by atoms with E-state index in [1.807, 2.05) is 41.3 Å². The van der Waals surface area contributed by atoms with Gasteiger partial charge in [0.25, 0.3) is 5.56 Å². The van der Waals surface area contributed by atoms with Crippen LogP contribution in [-0.2, 0) is 16.0 Å². The molecule has 1 saturated heterocycles. The highest BCUT2D eigenvalue weighted by atomic mass is 16.5. The van der Waals surface area contributed by atoms with Gasteiger partial charge < -0.3 is 14.6 Å². The van der Waals surface area contributed by atoms with Crippen molar-refractivity contribution >= 4 is 5.91 Å². The first kappa shape index (κ1) is 18.9. The van der Waals surface area contributed by atoms with E-state index in [0.29, 0.717) is 43.8 Å². The summed E-state index contributed by atoms with van der Waals surface area (Å²) in [5.41, 5.74) is 3.07. The first-order chi connectivity index (χ1) is 13.0. The summed E-state index contributed by atoms with van der Waals surface area (Å²) >= 11 is 0. The van der Waals surface area contributed by atoms with Gasteiger partial charge in [-0.05, 0) is 37.0 Å². The number of carbonyl (C=O) groups excluding carboxylic acids is 1. The summed E-state index contributed by atoms with van der Waals surface area (Å²) in [6, 6.07) is 11.9. The molecule has 1 aliphatic heterocycles. The Kier molecular flexibility index (Phi) is 5.72. The molecule has 0 radical (unpaired) electrons. The van der Waals surface area contributed by atoms with Crippen molar-refractivity contribution in [2.75, 3.05) is 19.7 Å². The van der Waals surface area contributed by atoms with E-state index < -0.39 is 0 Å². The molecular weight excluding hydrogens is 342 g/mol. The van der Waals surface area contributed by atoms with E-state index in [9.17, 15) is 14.9 Å². The number of pyridine rings is 1. The Hall–Kier alpha value is -2.91. The highest BCUT2D eigenvalue weighted by molar-refractivity contribution is 5.76. The van der Waals surface area contributed by atoms with Gasteiger partial charge in [0, 0.05) is 18.7 Å². The predicted octanol–water partition coefficient (Wildman–Crippen LogP) is 2.40. The highest BCUT2D eigenvalue weighted by Gasteiger charge is 2.25. The molecule has 1 aliphatic rings. The molecule has 27 heavy (non-hydrogen) atoms. The second-order valence-electron chi connectivity index (χ2n) is 6.78. The Balaban J connectivity index is 1.68. The fourth-order valence-electron chi connectivity index (χ4n) is 3.56. The van der Waals surface area contributed by atoms with Gasteiger partial charge in [-0.3, -0.25) is 9.59 Å². The minimum atomic E-state index is -0.374. The van der Waals surface area contributed by atoms with Crippen LogP contribution in [0.5, 0.6) is 0 Å². The summed E-state index contributed by atoms with van der Waals surface area (Å²) in [6.45, 7) is 5.20. The van der Waals surface area contributed by atoms with Crippen LogP contribution < -0.4 is 5.56 Å². The molecule has 1 atom stereocenters. The van der Waals surface area contributed by atoms with Gasteiger partial charge in [-0.2, -0.15) is 5.26 Å². The third-order valence-corrected chi connectivity index (χ3v) is 5.10. The number of H-pyrrole nitrogens is 1. The Bertz CT molecular complexity index is 928. The number of benzene rings is 1. The van der Waals surface area contributed by atoms with Crippen molar-refractivity contribution in [3.05, 3.63) is 68.6 Å². The molecule has 1 N–H and O–H groups in total. The minimum absolute atomic E-state index is 0.0581. The maximum absolute atomic E-state index is 12.7. The van der Waals surface area contributed by atoms with Crippen LogP contribution in [0.3, 0.4) is 0 Å². The molecular formula is C21H23N3O3. The number of morpholine rings is 1. The molecule has 2 heterocycles. The van der Waals surface area contributed by atoms with Crippen LogP contribution in [-0.4, -0.2) is 35.5 Å². The quantitative estimate of drug-likeness (QED) is 0.901. The summed E-state index contributed by atoms with van der Waals surface area (Å²) in [5.74, 6) is 0.0581. The molecule has 1 unspecified atom stereocenters. The van der Waals surface area contributed by atoms with Crippen LogP contribution in [0.2, 0.25) is 0 Å². The van der Waals surface area contributed by atoms with Crippen LogP contribution in [0.1, 0.15) is 40.5 Å². The molecule has 140 valence electrons. The number of nitriles is 1. The number of aryl methyl sites for hydroxylation is 1. The normalized spacial score (nSPS) is 16.8. The van der Waals surface area contributed by atoms with Gasteiger partial charge in [-0.15, -0.1) is 0 Å². The van der Waals surface area contributed by atoms with Crippen LogP contribution in [0.25, 0.3) is 0 Å². The van der Waals surface area contributed by atoms with E-state index in [1.54, 1.807) is 13.8 Å². The summed E-state index contributed by atoms with van der Waals surface area (Å²) in [6.07, 6.45) is 0.723. The van der Waals surface area contributed by atoms with Crippen molar-refractivity contribution in [1.82, 2.24) is 9.88 Å². The van der Waals surface area contributed by atoms with Crippen molar-refractivity contribution < 1.29 is 9.53 Å². The van der Waals surface area contributed by atoms with E-state index in [-0.39, 0.29) is 23.1 Å². The predicted molar refractivity (Wildman–Crippen MR) is 101 cm³/mol. The molecule has 0 spiro atoms. The van der Waals surface area contributed by atoms with Crippen molar-refractivity contribution in [3.8, 4) is 6.07 Å². The average molecular weight is 365 g/mol. The number of rotatable bonds is 4. The molecule has 6 nitrogen and oxygen atoms in total. The number of ether oxygens (including phenoxy) is 1. The first-order valence-corrected chi connectivity index (χ1v) is 9.08. The zero-order valence-corrected chi connectivity index (χ0v) is 15.6. The Morgan fingerprint density at radius 2 is 2.07 bits per heavy atom. The average Bonchev–Trinajstić information content (AvgIpc) is 2.68. The van der Waals surface area contributed by atoms with Gasteiger partial charge in [0.2, 0.25) is 5.91 Å². The van der Waals surface area contributed by atoms with Gasteiger partial charge in [0.05, 0.1) is 13.2 Å². The van der Waals surface area contributed by atoms with Crippen molar-refractivity contribution in [3.63, 3.8) is 0 Å². The van der Waals surface area contributed by atoms with E-state index >= 15 is 0 Å². The third-order valence-electron chi connectivity index (χ3n) is 5.10. The number of nitrogens with zero attached hydrogens (tertiary/aromatic N) is 2. The lowest BCUT2D eigenvalue weighted by Gasteiger charge is -2.33. The van der Waals surface area contributed by atoms with Crippen LogP contribution in [0, 0.1) is 25.2 Å². The Morgan fingerprint density at radius 1 is 1.33 bits per heavy atom. The van der Waals surface area contributed by atoms with Crippen molar-refractivity contribution in [2.24, 2.45) is 0 Å². The van der Waals surface area contributed by atoms with Gasteiger partial charge in [-0.1, -0.05) is 30.3 Å². The molecule has 0 aliphatic carbocycles. The molecule has 1 amide bonds. The zero-order chi connectivity index (χ0) is 19.4. The monoisotopic (exact) mass is 365 g/mol. The number of nitrogens with one attached hydrogen (secondary N) is 1. The van der Waals surface area contributed by atoms with E-state index in [0.717, 1.165) is 11.1 Å². The third kappa shape index (κ3) is 4.09. The fraction of sp³-hybridized carbons (Fsp3) is 0.381. The topological polar surface area (TPSA) is 86.2 Å². The number of hydrogen-bond donors (Lipinski definition) is 1. The largest absolute Gasteiger partial charge is 0.370 e. The molecule has 6 heteroatoms. The summed E-state index contributed by atoms with van der Waals surface area (Å²) in [4.78, 5) is 29.1. The standard InChI is InChI=1S/C21H23N3O3/c1-14-17(15(2)23-21(26)18(14)12-22)8-9-20(25)24-10-11-27-19(13-24)16-6-4-3-5-7-16/h3-7,19H,8-11,13H2,1-2H3,(H,23,26). The van der Waals surface area contributed by atoms with Crippen molar-refractivity contribution in [2.45, 2.75) is 32.8 Å². The van der Waals surface area contributed by atoms with Crippen LogP contribution in [0.4, 0.5) is 0 Å². The second kappa shape index (κ2) is 8.19. The SMILES string of the molecule is Cc1[nH]c(=O)c(C#N)c(C)c1CCC(=O)N1CCOC(c2ccccc2)C1.